The first kappa shape index (κ1) is 24.8. The van der Waals surface area contributed by atoms with Crippen LogP contribution in [0.2, 0.25) is 5.02 Å². The number of nitrogens with one attached hydrogen (secondary N) is 1. The molecule has 0 spiro atoms. The maximum atomic E-state index is 13.3. The summed E-state index contributed by atoms with van der Waals surface area (Å²) in [4.78, 5) is 41.9. The molecule has 1 unspecified atom stereocenters. The Morgan fingerprint density at radius 3 is 2.60 bits per heavy atom. The van der Waals surface area contributed by atoms with Crippen molar-refractivity contribution in [3.8, 4) is 5.75 Å². The predicted molar refractivity (Wildman–Crippen MR) is 138 cm³/mol. The van der Waals surface area contributed by atoms with Gasteiger partial charge in [0.1, 0.15) is 11.3 Å². The molecule has 4 rings (SSSR count). The third kappa shape index (κ3) is 4.52. The lowest BCUT2D eigenvalue weighted by atomic mass is 9.79. The zero-order chi connectivity index (χ0) is 25.5. The molecular weight excluding hydrogens is 466 g/mol. The second-order valence-electron chi connectivity index (χ2n) is 9.66. The number of hydrogen-bond donors (Lipinski definition) is 1. The smallest absolute Gasteiger partial charge is 0.335 e. The third-order valence-corrected chi connectivity index (χ3v) is 6.89. The lowest BCUT2D eigenvalue weighted by molar-refractivity contribution is -0.122. The highest BCUT2D eigenvalue weighted by Crippen LogP contribution is 2.46. The van der Waals surface area contributed by atoms with Gasteiger partial charge in [-0.2, -0.15) is 0 Å². The summed E-state index contributed by atoms with van der Waals surface area (Å²) in [5.41, 5.74) is 2.96. The summed E-state index contributed by atoms with van der Waals surface area (Å²) >= 11 is 6.06. The number of methoxy groups -OCH3 is 1. The van der Waals surface area contributed by atoms with E-state index in [1.54, 1.807) is 25.3 Å². The Hall–Kier alpha value is -3.32. The van der Waals surface area contributed by atoms with Crippen molar-refractivity contribution in [1.29, 1.82) is 0 Å². The lowest BCUT2D eigenvalue weighted by Gasteiger charge is -2.48. The molecule has 2 aliphatic heterocycles. The van der Waals surface area contributed by atoms with E-state index in [-0.39, 0.29) is 22.7 Å². The fraction of sp³-hybridized carbons (Fsp3) is 0.370. The number of ether oxygens (including phenoxy) is 1. The van der Waals surface area contributed by atoms with Crippen molar-refractivity contribution < 1.29 is 19.1 Å². The lowest BCUT2D eigenvalue weighted by Crippen LogP contribution is -2.54. The van der Waals surface area contributed by atoms with Gasteiger partial charge in [-0.25, -0.2) is 9.69 Å². The van der Waals surface area contributed by atoms with Crippen LogP contribution in [0.5, 0.6) is 5.75 Å². The normalized spacial score (nSPS) is 20.7. The molecule has 184 valence electrons. The minimum absolute atomic E-state index is 0.00946. The summed E-state index contributed by atoms with van der Waals surface area (Å²) in [5.74, 6) is -0.645. The number of carbonyl (C=O) groups excluding carboxylic acids is 3. The maximum absolute atomic E-state index is 13.3. The van der Waals surface area contributed by atoms with Crippen molar-refractivity contribution in [1.82, 2.24) is 5.32 Å². The minimum Gasteiger partial charge on any atom is -0.496 e. The quantitative estimate of drug-likeness (QED) is 0.436. The summed E-state index contributed by atoms with van der Waals surface area (Å²) in [7, 11) is 1.57. The van der Waals surface area contributed by atoms with Crippen LogP contribution in [0, 0.1) is 0 Å². The Kier molecular flexibility index (Phi) is 6.64. The molecule has 0 radical (unpaired) electrons. The molecule has 35 heavy (non-hydrogen) atoms. The first-order valence-corrected chi connectivity index (χ1v) is 12.1. The molecular formula is C27H30ClN3O4. The highest BCUT2D eigenvalue weighted by Gasteiger charge is 2.39. The Morgan fingerprint density at radius 2 is 1.94 bits per heavy atom. The number of urea groups is 1. The van der Waals surface area contributed by atoms with Crippen LogP contribution >= 0.6 is 11.6 Å². The van der Waals surface area contributed by atoms with Crippen molar-refractivity contribution in [2.45, 2.75) is 52.0 Å². The van der Waals surface area contributed by atoms with Crippen molar-refractivity contribution in [3.63, 3.8) is 0 Å². The van der Waals surface area contributed by atoms with Crippen LogP contribution in [0.1, 0.15) is 57.6 Å². The monoisotopic (exact) mass is 495 g/mol. The van der Waals surface area contributed by atoms with E-state index in [0.717, 1.165) is 35.5 Å². The second-order valence-corrected chi connectivity index (χ2v) is 10.1. The van der Waals surface area contributed by atoms with Gasteiger partial charge in [-0.3, -0.25) is 14.9 Å². The number of hydrogen-bond acceptors (Lipinski definition) is 5. The average Bonchev–Trinajstić information content (AvgIpc) is 2.78. The molecule has 1 atom stereocenters. The van der Waals surface area contributed by atoms with Crippen molar-refractivity contribution >= 4 is 46.9 Å². The topological polar surface area (TPSA) is 79.0 Å². The van der Waals surface area contributed by atoms with Crippen LogP contribution in [0.3, 0.4) is 0 Å². The molecule has 2 heterocycles. The molecule has 0 saturated carbocycles. The predicted octanol–water partition coefficient (Wildman–Crippen LogP) is 5.52. The fourth-order valence-corrected chi connectivity index (χ4v) is 5.31. The second kappa shape index (κ2) is 9.38. The largest absolute Gasteiger partial charge is 0.496 e. The molecule has 2 aromatic carbocycles. The van der Waals surface area contributed by atoms with Crippen LogP contribution in [0.4, 0.5) is 16.2 Å². The van der Waals surface area contributed by atoms with Gasteiger partial charge in [-0.1, -0.05) is 31.5 Å². The number of benzene rings is 2. The van der Waals surface area contributed by atoms with Crippen molar-refractivity contribution in [2.24, 2.45) is 0 Å². The van der Waals surface area contributed by atoms with Gasteiger partial charge >= 0.3 is 6.03 Å². The highest BCUT2D eigenvalue weighted by atomic mass is 35.5. The van der Waals surface area contributed by atoms with Crippen LogP contribution in [-0.4, -0.2) is 37.0 Å². The average molecular weight is 496 g/mol. The van der Waals surface area contributed by atoms with Gasteiger partial charge in [0.05, 0.1) is 12.8 Å². The van der Waals surface area contributed by atoms with Crippen molar-refractivity contribution in [2.75, 3.05) is 23.5 Å². The Labute approximate surface area is 210 Å². The molecule has 2 aliphatic rings. The van der Waals surface area contributed by atoms with Crippen LogP contribution in [0.25, 0.3) is 6.08 Å². The number of amides is 4. The minimum atomic E-state index is -0.817. The number of nitrogens with zero attached hydrogens (tertiary/aromatic N) is 2. The molecule has 1 fully saturated rings. The molecule has 0 aromatic heterocycles. The first-order valence-electron chi connectivity index (χ1n) is 11.7. The van der Waals surface area contributed by atoms with E-state index in [2.05, 4.69) is 37.9 Å². The summed E-state index contributed by atoms with van der Waals surface area (Å²) < 4.78 is 5.69. The highest BCUT2D eigenvalue weighted by molar-refractivity contribution is 6.39. The van der Waals surface area contributed by atoms with Gasteiger partial charge in [0.2, 0.25) is 0 Å². The Bertz CT molecular complexity index is 1240. The molecule has 4 amide bonds. The molecule has 0 aliphatic carbocycles. The Balaban J connectivity index is 1.81. The summed E-state index contributed by atoms with van der Waals surface area (Å²) in [6.45, 7) is 9.75. The van der Waals surface area contributed by atoms with E-state index < -0.39 is 17.8 Å². The van der Waals surface area contributed by atoms with E-state index in [4.69, 9.17) is 16.3 Å². The summed E-state index contributed by atoms with van der Waals surface area (Å²) in [6, 6.07) is 9.52. The molecule has 0 bridgehead atoms. The van der Waals surface area contributed by atoms with E-state index >= 15 is 0 Å². The number of halogens is 1. The number of anilines is 2. The van der Waals surface area contributed by atoms with Crippen LogP contribution in [-0.2, 0) is 9.59 Å². The van der Waals surface area contributed by atoms with E-state index in [0.29, 0.717) is 16.3 Å². The van der Waals surface area contributed by atoms with Crippen LogP contribution < -0.4 is 19.9 Å². The third-order valence-electron chi connectivity index (χ3n) is 6.65. The number of fused-ring (bicyclic) bond motifs is 1. The van der Waals surface area contributed by atoms with E-state index in [9.17, 15) is 14.4 Å². The van der Waals surface area contributed by atoms with Gasteiger partial charge in [-0.15, -0.1) is 0 Å². The molecule has 7 nitrogen and oxygen atoms in total. The Morgan fingerprint density at radius 1 is 1.20 bits per heavy atom. The number of barbiturate groups is 1. The van der Waals surface area contributed by atoms with Crippen molar-refractivity contribution in [3.05, 3.63) is 58.1 Å². The van der Waals surface area contributed by atoms with Gasteiger partial charge in [0, 0.05) is 34.4 Å². The zero-order valence-electron chi connectivity index (χ0n) is 20.6. The molecule has 8 heteroatoms. The SMILES string of the molecule is CCCN1c2cc(OC)c(/C=C3/C(=O)NC(=O)N(c4cccc(Cl)c4)C3=O)cc2C(C)CC1(C)C. The first-order chi connectivity index (χ1) is 16.6. The van der Waals surface area contributed by atoms with Gasteiger partial charge in [0.25, 0.3) is 11.8 Å². The van der Waals surface area contributed by atoms with Gasteiger partial charge in [-0.05, 0) is 68.5 Å². The van der Waals surface area contributed by atoms with Gasteiger partial charge < -0.3 is 9.64 Å². The maximum Gasteiger partial charge on any atom is 0.335 e. The van der Waals surface area contributed by atoms with E-state index in [1.807, 2.05) is 12.1 Å². The van der Waals surface area contributed by atoms with Crippen LogP contribution in [0.15, 0.2) is 42.0 Å². The van der Waals surface area contributed by atoms with E-state index in [1.165, 1.54) is 12.1 Å². The molecule has 2 aromatic rings. The summed E-state index contributed by atoms with van der Waals surface area (Å²) in [6.07, 6.45) is 3.48. The summed E-state index contributed by atoms with van der Waals surface area (Å²) in [5, 5.41) is 2.63. The zero-order valence-corrected chi connectivity index (χ0v) is 21.4. The fourth-order valence-electron chi connectivity index (χ4n) is 5.13. The molecule has 1 saturated heterocycles. The standard InChI is InChI=1S/C27H30ClN3O4/c1-6-10-30-22-14-23(35-5)17(11-20(22)16(2)15-27(30,3)4)12-21-24(32)29-26(34)31(25(21)33)19-9-7-8-18(28)13-19/h7-9,11-14,16H,6,10,15H2,1-5H3,(H,29,32,34)/b21-12-. The number of rotatable bonds is 5. The number of imide groups is 2. The van der Waals surface area contributed by atoms with Gasteiger partial charge in [0.15, 0.2) is 0 Å². The number of carbonyl (C=O) groups is 3. The molecule has 1 N–H and O–H groups in total.